The van der Waals surface area contributed by atoms with E-state index in [1.54, 1.807) is 35.5 Å². The number of para-hydroxylation sites is 1. The van der Waals surface area contributed by atoms with E-state index in [4.69, 9.17) is 4.74 Å². The molecule has 24 heavy (non-hydrogen) atoms. The Morgan fingerprint density at radius 3 is 2.92 bits per heavy atom. The van der Waals surface area contributed by atoms with Crippen LogP contribution >= 0.6 is 23.5 Å². The van der Waals surface area contributed by atoms with Crippen molar-refractivity contribution < 1.29 is 14.3 Å². The van der Waals surface area contributed by atoms with Crippen LogP contribution in [0.5, 0.6) is 5.75 Å². The molecule has 130 valence electrons. The molecule has 0 aromatic heterocycles. The number of rotatable bonds is 5. The average molecular weight is 367 g/mol. The molecule has 0 radical (unpaired) electrons. The first-order valence-electron chi connectivity index (χ1n) is 7.98. The van der Waals surface area contributed by atoms with Crippen molar-refractivity contribution in [3.63, 3.8) is 0 Å². The molecule has 2 aliphatic heterocycles. The number of benzene rings is 1. The van der Waals surface area contributed by atoms with Crippen LogP contribution < -0.4 is 4.74 Å². The highest BCUT2D eigenvalue weighted by Gasteiger charge is 2.51. The average Bonchev–Trinajstić information content (AvgIpc) is 2.94. The van der Waals surface area contributed by atoms with Crippen LogP contribution in [0.4, 0.5) is 0 Å². The number of hydrogen-bond donors (Lipinski definition) is 0. The molecule has 0 saturated carbocycles. The van der Waals surface area contributed by atoms with Crippen molar-refractivity contribution in [2.24, 2.45) is 0 Å². The Labute approximate surface area is 151 Å². The van der Waals surface area contributed by atoms with Crippen LogP contribution in [0.1, 0.15) is 6.92 Å². The van der Waals surface area contributed by atoms with E-state index < -0.39 is 0 Å². The Kier molecular flexibility index (Phi) is 5.30. The highest BCUT2D eigenvalue weighted by Crippen LogP contribution is 2.44. The largest absolute Gasteiger partial charge is 0.492 e. The first kappa shape index (κ1) is 17.5. The number of likely N-dealkylation sites (N-methyl/N-ethyl adjacent to an activating group) is 1. The monoisotopic (exact) mass is 366 g/mol. The number of carbonyl (C=O) groups excluding carboxylic acids is 2. The van der Waals surface area contributed by atoms with Crippen LogP contribution in [-0.2, 0) is 9.59 Å². The Morgan fingerprint density at radius 1 is 1.42 bits per heavy atom. The van der Waals surface area contributed by atoms with E-state index in [0.717, 1.165) is 11.5 Å². The summed E-state index contributed by atoms with van der Waals surface area (Å²) in [4.78, 5) is 28.3. The minimum absolute atomic E-state index is 0.00290. The molecule has 3 rings (SSSR count). The molecule has 2 amide bonds. The SMILES string of the molecule is CN(CCOc1ccccc1)C(=O)[C@H]1CS[C@@]2(C)CSCC(=O)N12. The predicted octanol–water partition coefficient (Wildman–Crippen LogP) is 1.93. The fourth-order valence-electron chi connectivity index (χ4n) is 3.04. The molecule has 2 saturated heterocycles. The fraction of sp³-hybridized carbons (Fsp3) is 0.529. The second-order valence-corrected chi connectivity index (χ2v) is 8.67. The Bertz CT molecular complexity index is 613. The van der Waals surface area contributed by atoms with Crippen molar-refractivity contribution in [1.29, 1.82) is 0 Å². The van der Waals surface area contributed by atoms with Crippen molar-refractivity contribution in [2.45, 2.75) is 17.8 Å². The molecule has 0 aliphatic carbocycles. The maximum atomic E-state index is 12.8. The van der Waals surface area contributed by atoms with Gasteiger partial charge in [-0.25, -0.2) is 0 Å². The van der Waals surface area contributed by atoms with Gasteiger partial charge in [-0.2, -0.15) is 0 Å². The third-order valence-electron chi connectivity index (χ3n) is 4.34. The molecule has 2 fully saturated rings. The highest BCUT2D eigenvalue weighted by molar-refractivity contribution is 8.04. The summed E-state index contributed by atoms with van der Waals surface area (Å²) >= 11 is 3.37. The molecule has 5 nitrogen and oxygen atoms in total. The smallest absolute Gasteiger partial charge is 0.246 e. The molecule has 0 unspecified atom stereocenters. The standard InChI is InChI=1S/C17H22N2O3S2/c1-17-12-23-11-15(20)19(17)14(10-24-17)16(21)18(2)8-9-22-13-6-4-3-5-7-13/h3-7,14H,8-12H2,1-2H3/t14-,17+/m1/s1. The van der Waals surface area contributed by atoms with Gasteiger partial charge < -0.3 is 14.5 Å². The second-order valence-electron chi connectivity index (χ2n) is 6.18. The van der Waals surface area contributed by atoms with E-state index >= 15 is 0 Å². The van der Waals surface area contributed by atoms with Crippen molar-refractivity contribution in [1.82, 2.24) is 9.80 Å². The maximum absolute atomic E-state index is 12.8. The number of fused-ring (bicyclic) bond motifs is 1. The quantitative estimate of drug-likeness (QED) is 0.797. The first-order valence-corrected chi connectivity index (χ1v) is 10.1. The lowest BCUT2D eigenvalue weighted by atomic mass is 10.2. The van der Waals surface area contributed by atoms with E-state index in [9.17, 15) is 9.59 Å². The van der Waals surface area contributed by atoms with E-state index in [1.165, 1.54) is 0 Å². The summed E-state index contributed by atoms with van der Waals surface area (Å²) in [5.41, 5.74) is 0. The molecule has 0 spiro atoms. The van der Waals surface area contributed by atoms with Gasteiger partial charge in [0, 0.05) is 18.6 Å². The number of carbonyl (C=O) groups is 2. The Balaban J connectivity index is 1.56. The molecule has 1 aromatic carbocycles. The summed E-state index contributed by atoms with van der Waals surface area (Å²) in [7, 11) is 1.78. The van der Waals surface area contributed by atoms with Crippen LogP contribution in [0.25, 0.3) is 0 Å². The zero-order chi connectivity index (χ0) is 17.2. The summed E-state index contributed by atoms with van der Waals surface area (Å²) in [5.74, 6) is 2.90. The maximum Gasteiger partial charge on any atom is 0.246 e. The third-order valence-corrected chi connectivity index (χ3v) is 7.18. The van der Waals surface area contributed by atoms with Gasteiger partial charge >= 0.3 is 0 Å². The van der Waals surface area contributed by atoms with Crippen LogP contribution in [0.15, 0.2) is 30.3 Å². The fourth-order valence-corrected chi connectivity index (χ4v) is 5.74. The number of amides is 2. The molecule has 0 bridgehead atoms. The van der Waals surface area contributed by atoms with Gasteiger partial charge in [0.05, 0.1) is 17.2 Å². The lowest BCUT2D eigenvalue weighted by Gasteiger charge is -2.40. The summed E-state index contributed by atoms with van der Waals surface area (Å²) in [6.07, 6.45) is 0. The van der Waals surface area contributed by atoms with Crippen LogP contribution in [0.3, 0.4) is 0 Å². The van der Waals surface area contributed by atoms with Crippen LogP contribution in [0, 0.1) is 0 Å². The van der Waals surface area contributed by atoms with Gasteiger partial charge in [0.1, 0.15) is 18.4 Å². The third kappa shape index (κ3) is 3.52. The van der Waals surface area contributed by atoms with Crippen LogP contribution in [-0.4, -0.2) is 70.0 Å². The van der Waals surface area contributed by atoms with Crippen molar-refractivity contribution >= 4 is 35.3 Å². The van der Waals surface area contributed by atoms with Crippen molar-refractivity contribution in [3.05, 3.63) is 30.3 Å². The van der Waals surface area contributed by atoms with Gasteiger partial charge in [0.15, 0.2) is 0 Å². The van der Waals surface area contributed by atoms with E-state index in [0.29, 0.717) is 24.7 Å². The van der Waals surface area contributed by atoms with E-state index in [-0.39, 0.29) is 22.7 Å². The molecule has 1 aromatic rings. The molecular weight excluding hydrogens is 344 g/mol. The van der Waals surface area contributed by atoms with Gasteiger partial charge in [0.25, 0.3) is 0 Å². The minimum Gasteiger partial charge on any atom is -0.492 e. The van der Waals surface area contributed by atoms with Crippen LogP contribution in [0.2, 0.25) is 0 Å². The Morgan fingerprint density at radius 2 is 2.17 bits per heavy atom. The molecule has 2 heterocycles. The lowest BCUT2D eigenvalue weighted by molar-refractivity contribution is -0.144. The Hall–Kier alpha value is -1.34. The molecule has 2 aliphatic rings. The lowest BCUT2D eigenvalue weighted by Crippen LogP contribution is -2.57. The number of thioether (sulfide) groups is 2. The van der Waals surface area contributed by atoms with Gasteiger partial charge in [0.2, 0.25) is 11.8 Å². The number of ether oxygens (including phenoxy) is 1. The molecule has 7 heteroatoms. The highest BCUT2D eigenvalue weighted by atomic mass is 32.2. The molecule has 2 atom stereocenters. The summed E-state index contributed by atoms with van der Waals surface area (Å²) in [6, 6.07) is 9.21. The normalized spacial score (nSPS) is 26.2. The topological polar surface area (TPSA) is 49.9 Å². The minimum atomic E-state index is -0.352. The van der Waals surface area contributed by atoms with Crippen molar-refractivity contribution in [2.75, 3.05) is 37.5 Å². The van der Waals surface area contributed by atoms with Crippen molar-refractivity contribution in [3.8, 4) is 5.75 Å². The molecular formula is C17H22N2O3S2. The zero-order valence-electron chi connectivity index (χ0n) is 13.9. The summed E-state index contributed by atoms with van der Waals surface area (Å²) in [6.45, 7) is 3.00. The number of hydrogen-bond acceptors (Lipinski definition) is 5. The van der Waals surface area contributed by atoms with Gasteiger partial charge in [-0.1, -0.05) is 18.2 Å². The van der Waals surface area contributed by atoms with E-state index in [1.807, 2.05) is 35.2 Å². The predicted molar refractivity (Wildman–Crippen MR) is 98.4 cm³/mol. The van der Waals surface area contributed by atoms with Gasteiger partial charge in [-0.3, -0.25) is 9.59 Å². The zero-order valence-corrected chi connectivity index (χ0v) is 15.6. The van der Waals surface area contributed by atoms with Gasteiger partial charge in [-0.05, 0) is 19.1 Å². The summed E-state index contributed by atoms with van der Waals surface area (Å²) < 4.78 is 5.65. The van der Waals surface area contributed by atoms with E-state index in [2.05, 4.69) is 6.92 Å². The molecule has 0 N–H and O–H groups in total. The summed E-state index contributed by atoms with van der Waals surface area (Å²) in [5, 5.41) is 0. The van der Waals surface area contributed by atoms with Gasteiger partial charge in [-0.15, -0.1) is 23.5 Å². The second kappa shape index (κ2) is 7.27. The number of nitrogens with zero attached hydrogens (tertiary/aromatic N) is 2. The first-order chi connectivity index (χ1) is 11.5.